The Morgan fingerprint density at radius 2 is 1.70 bits per heavy atom. The van der Waals surface area contributed by atoms with Gasteiger partial charge in [0.2, 0.25) is 11.8 Å². The Labute approximate surface area is 269 Å². The van der Waals surface area contributed by atoms with Gasteiger partial charge in [-0.25, -0.2) is 22.9 Å². The molecule has 3 N–H and O–H groups in total. The van der Waals surface area contributed by atoms with E-state index in [0.717, 1.165) is 48.9 Å². The van der Waals surface area contributed by atoms with Gasteiger partial charge in [-0.2, -0.15) is 4.98 Å². The van der Waals surface area contributed by atoms with E-state index in [2.05, 4.69) is 37.0 Å². The molecule has 0 radical (unpaired) electrons. The van der Waals surface area contributed by atoms with E-state index in [1.54, 1.807) is 6.07 Å². The Kier molecular flexibility index (Phi) is 12.1. The van der Waals surface area contributed by atoms with E-state index in [1.165, 1.54) is 23.8 Å². The Morgan fingerprint density at radius 1 is 1.00 bits per heavy atom. The number of nitrogens with zero attached hydrogens (tertiary/aromatic N) is 3. The number of carboxylic acids is 1. The minimum Gasteiger partial charge on any atom is -0.478 e. The summed E-state index contributed by atoms with van der Waals surface area (Å²) in [6, 6.07) is 23.0. The first-order valence-corrected chi connectivity index (χ1v) is 15.1. The fourth-order valence-electron chi connectivity index (χ4n) is 5.04. The molecule has 10 nitrogen and oxygen atoms in total. The van der Waals surface area contributed by atoms with Gasteiger partial charge >= 0.3 is 5.97 Å². The highest BCUT2D eigenvalue weighted by atomic mass is 35.5. The summed E-state index contributed by atoms with van der Waals surface area (Å²) in [7, 11) is -4.20. The molecule has 5 rings (SSSR count). The summed E-state index contributed by atoms with van der Waals surface area (Å²) in [5, 5.41) is 12.7. The zero-order valence-electron chi connectivity index (χ0n) is 24.3. The Balaban J connectivity index is 0.00000264. The SMILES string of the molecule is Cc1cccc(C)c1-c1cc(OCC2CNCCN2Cc2ccccc2)nc(NS(=O)(=O)c2cccc(C(=O)O)c2)n1.Cl.Cl. The van der Waals surface area contributed by atoms with Crippen molar-refractivity contribution in [3.05, 3.63) is 101 Å². The lowest BCUT2D eigenvalue weighted by Gasteiger charge is -2.35. The molecule has 0 aliphatic carbocycles. The smallest absolute Gasteiger partial charge is 0.335 e. The van der Waals surface area contributed by atoms with Crippen LogP contribution in [0.1, 0.15) is 27.0 Å². The number of halogens is 2. The molecule has 1 aliphatic rings. The van der Waals surface area contributed by atoms with Crippen molar-refractivity contribution in [2.45, 2.75) is 31.3 Å². The van der Waals surface area contributed by atoms with Crippen LogP contribution >= 0.6 is 24.8 Å². The van der Waals surface area contributed by atoms with Crippen LogP contribution in [0.5, 0.6) is 5.88 Å². The van der Waals surface area contributed by atoms with E-state index in [9.17, 15) is 18.3 Å². The first-order chi connectivity index (χ1) is 20.2. The van der Waals surface area contributed by atoms with E-state index in [1.807, 2.05) is 50.2 Å². The van der Waals surface area contributed by atoms with E-state index in [-0.39, 0.29) is 53.1 Å². The van der Waals surface area contributed by atoms with Crippen LogP contribution in [-0.2, 0) is 16.6 Å². The Bertz CT molecular complexity index is 1670. The number of carbonyl (C=O) groups is 1. The molecule has 1 atom stereocenters. The highest BCUT2D eigenvalue weighted by Gasteiger charge is 2.24. The number of hydrogen-bond acceptors (Lipinski definition) is 8. The average molecular weight is 661 g/mol. The number of piperazine rings is 1. The van der Waals surface area contributed by atoms with Crippen LogP contribution < -0.4 is 14.8 Å². The number of sulfonamides is 1. The van der Waals surface area contributed by atoms with Crippen molar-refractivity contribution < 1.29 is 23.1 Å². The van der Waals surface area contributed by atoms with Crippen LogP contribution in [-0.4, -0.2) is 66.6 Å². The monoisotopic (exact) mass is 659 g/mol. The summed E-state index contributed by atoms with van der Waals surface area (Å²) in [5.74, 6) is -1.17. The third-order valence-electron chi connectivity index (χ3n) is 7.18. The first kappa shape index (κ1) is 34.7. The zero-order valence-corrected chi connectivity index (χ0v) is 26.7. The summed E-state index contributed by atoms with van der Waals surface area (Å²) in [4.78, 5) is 22.5. The molecular weight excluding hydrogens is 625 g/mol. The normalized spacial score (nSPS) is 15.0. The summed E-state index contributed by atoms with van der Waals surface area (Å²) < 4.78 is 35.1. The van der Waals surface area contributed by atoms with Crippen LogP contribution in [0.25, 0.3) is 11.3 Å². The number of aryl methyl sites for hydroxylation is 2. The van der Waals surface area contributed by atoms with Crippen molar-refractivity contribution in [1.29, 1.82) is 0 Å². The van der Waals surface area contributed by atoms with E-state index in [4.69, 9.17) is 4.74 Å². The number of aromatic carboxylic acids is 1. The fourth-order valence-corrected chi connectivity index (χ4v) is 6.03. The molecule has 1 fully saturated rings. The highest BCUT2D eigenvalue weighted by molar-refractivity contribution is 7.92. The minimum atomic E-state index is -4.20. The minimum absolute atomic E-state index is 0. The number of nitrogens with one attached hydrogen (secondary N) is 2. The number of carboxylic acid groups (broad SMARTS) is 1. The zero-order chi connectivity index (χ0) is 29.7. The van der Waals surface area contributed by atoms with Crippen molar-refractivity contribution in [1.82, 2.24) is 20.2 Å². The molecular formula is C31H35Cl2N5O5S. The number of benzene rings is 3. The second-order valence-corrected chi connectivity index (χ2v) is 11.9. The van der Waals surface area contributed by atoms with Crippen molar-refractivity contribution >= 4 is 46.8 Å². The fraction of sp³-hybridized carbons (Fsp3) is 0.258. The molecule has 1 aliphatic heterocycles. The summed E-state index contributed by atoms with van der Waals surface area (Å²) in [6.45, 7) is 7.51. The predicted octanol–water partition coefficient (Wildman–Crippen LogP) is 4.96. The molecule has 234 valence electrons. The van der Waals surface area contributed by atoms with Crippen LogP contribution in [0.4, 0.5) is 5.95 Å². The molecule has 3 aromatic carbocycles. The van der Waals surface area contributed by atoms with E-state index < -0.39 is 16.0 Å². The molecule has 13 heteroatoms. The molecule has 2 heterocycles. The van der Waals surface area contributed by atoms with Gasteiger partial charge in [-0.3, -0.25) is 4.90 Å². The molecule has 44 heavy (non-hydrogen) atoms. The van der Waals surface area contributed by atoms with Gasteiger partial charge in [-0.05, 0) is 48.7 Å². The first-order valence-electron chi connectivity index (χ1n) is 13.6. The van der Waals surface area contributed by atoms with Crippen molar-refractivity contribution in [2.24, 2.45) is 0 Å². The van der Waals surface area contributed by atoms with Gasteiger partial charge in [0.15, 0.2) is 0 Å². The van der Waals surface area contributed by atoms with Gasteiger partial charge in [0.1, 0.15) is 6.61 Å². The van der Waals surface area contributed by atoms with Gasteiger partial charge in [-0.1, -0.05) is 54.6 Å². The lowest BCUT2D eigenvalue weighted by atomic mass is 10.00. The largest absolute Gasteiger partial charge is 0.478 e. The standard InChI is InChI=1S/C31H33N5O5S.2ClH/c1-21-8-6-9-22(2)29(21)27-17-28(41-20-25-18-32-14-15-36(25)19-23-10-4-3-5-11-23)34-31(33-27)35-42(39,40)26-13-7-12-24(16-26)30(37)38;;/h3-13,16-17,25,32H,14-15,18-20H2,1-2H3,(H,37,38)(H,33,34,35);2*1H. The van der Waals surface area contributed by atoms with E-state index >= 15 is 0 Å². The molecule has 1 aromatic heterocycles. The summed E-state index contributed by atoms with van der Waals surface area (Å²) in [5.41, 5.74) is 4.36. The average Bonchev–Trinajstić information content (AvgIpc) is 2.97. The van der Waals surface area contributed by atoms with Gasteiger partial charge in [0.25, 0.3) is 10.0 Å². The predicted molar refractivity (Wildman–Crippen MR) is 175 cm³/mol. The Hall–Kier alpha value is -3.74. The topological polar surface area (TPSA) is 134 Å². The third kappa shape index (κ3) is 8.46. The van der Waals surface area contributed by atoms with Gasteiger partial charge in [0, 0.05) is 37.8 Å². The van der Waals surface area contributed by atoms with Gasteiger partial charge < -0.3 is 15.2 Å². The van der Waals surface area contributed by atoms with Gasteiger partial charge in [0.05, 0.1) is 22.2 Å². The number of aromatic nitrogens is 2. The van der Waals surface area contributed by atoms with Crippen LogP contribution in [0.15, 0.2) is 83.8 Å². The van der Waals surface area contributed by atoms with Crippen LogP contribution in [0.2, 0.25) is 0 Å². The van der Waals surface area contributed by atoms with E-state index in [0.29, 0.717) is 12.3 Å². The molecule has 4 aromatic rings. The quantitative estimate of drug-likeness (QED) is 0.216. The molecule has 0 bridgehead atoms. The Morgan fingerprint density at radius 3 is 2.41 bits per heavy atom. The molecule has 0 saturated carbocycles. The van der Waals surface area contributed by atoms with Crippen LogP contribution in [0, 0.1) is 13.8 Å². The summed E-state index contributed by atoms with van der Waals surface area (Å²) >= 11 is 0. The van der Waals surface area contributed by atoms with Crippen LogP contribution in [0.3, 0.4) is 0 Å². The van der Waals surface area contributed by atoms with Crippen molar-refractivity contribution in [3.8, 4) is 17.1 Å². The summed E-state index contributed by atoms with van der Waals surface area (Å²) in [6.07, 6.45) is 0. The second-order valence-electron chi connectivity index (χ2n) is 10.2. The molecule has 0 spiro atoms. The maximum absolute atomic E-state index is 13.3. The van der Waals surface area contributed by atoms with Crippen molar-refractivity contribution in [3.63, 3.8) is 0 Å². The lowest BCUT2D eigenvalue weighted by molar-refractivity contribution is 0.0696. The number of anilines is 1. The maximum Gasteiger partial charge on any atom is 0.335 e. The molecule has 1 unspecified atom stereocenters. The molecule has 0 amide bonds. The highest BCUT2D eigenvalue weighted by Crippen LogP contribution is 2.29. The molecule has 1 saturated heterocycles. The third-order valence-corrected chi connectivity index (χ3v) is 8.51. The lowest BCUT2D eigenvalue weighted by Crippen LogP contribution is -2.53. The maximum atomic E-state index is 13.3. The van der Waals surface area contributed by atoms with Gasteiger partial charge in [-0.15, -0.1) is 24.8 Å². The number of ether oxygens (including phenoxy) is 1. The number of rotatable bonds is 10. The number of hydrogen-bond donors (Lipinski definition) is 3. The van der Waals surface area contributed by atoms with Crippen molar-refractivity contribution in [2.75, 3.05) is 31.0 Å². The second kappa shape index (κ2) is 15.3.